The number of aryl methyl sites for hydroxylation is 1. The lowest BCUT2D eigenvalue weighted by Crippen LogP contribution is -2.27. The Hall–Kier alpha value is -1.13. The summed E-state index contributed by atoms with van der Waals surface area (Å²) in [6.07, 6.45) is 0.230. The van der Waals surface area contributed by atoms with Crippen molar-refractivity contribution < 1.29 is 9.13 Å². The van der Waals surface area contributed by atoms with Crippen LogP contribution >= 0.6 is 0 Å². The van der Waals surface area contributed by atoms with E-state index in [4.69, 9.17) is 4.74 Å². The van der Waals surface area contributed by atoms with Crippen molar-refractivity contribution in [2.24, 2.45) is 0 Å². The highest BCUT2D eigenvalue weighted by molar-refractivity contribution is 5.56. The highest BCUT2D eigenvalue weighted by Gasteiger charge is 2.16. The van der Waals surface area contributed by atoms with E-state index in [0.29, 0.717) is 12.2 Å². The molecular weight excluding hydrogens is 267 g/mol. The van der Waals surface area contributed by atoms with Gasteiger partial charge < -0.3 is 15.0 Å². The van der Waals surface area contributed by atoms with Crippen molar-refractivity contribution in [3.8, 4) is 0 Å². The molecular formula is C17H29FN2O. The minimum Gasteiger partial charge on any atom is -0.377 e. The molecule has 0 saturated heterocycles. The van der Waals surface area contributed by atoms with E-state index in [1.165, 1.54) is 0 Å². The van der Waals surface area contributed by atoms with Crippen LogP contribution in [0.5, 0.6) is 0 Å². The van der Waals surface area contributed by atoms with Crippen LogP contribution in [0.25, 0.3) is 0 Å². The molecule has 0 aliphatic rings. The number of anilines is 1. The molecule has 21 heavy (non-hydrogen) atoms. The first kappa shape index (κ1) is 17.9. The van der Waals surface area contributed by atoms with Crippen molar-refractivity contribution >= 4 is 5.69 Å². The number of halogens is 1. The van der Waals surface area contributed by atoms with Crippen molar-refractivity contribution in [2.75, 3.05) is 31.6 Å². The molecule has 1 unspecified atom stereocenters. The highest BCUT2D eigenvalue weighted by atomic mass is 19.1. The fraction of sp³-hybridized carbons (Fsp3) is 0.647. The lowest BCUT2D eigenvalue weighted by molar-refractivity contribution is 0.0846. The summed E-state index contributed by atoms with van der Waals surface area (Å²) in [7, 11) is 2.03. The lowest BCUT2D eigenvalue weighted by atomic mass is 10.0. The largest absolute Gasteiger partial charge is 0.377 e. The zero-order chi connectivity index (χ0) is 16.0. The van der Waals surface area contributed by atoms with Crippen LogP contribution in [0.1, 0.15) is 44.9 Å². The number of benzene rings is 1. The topological polar surface area (TPSA) is 24.5 Å². The molecule has 4 heteroatoms. The molecule has 0 spiro atoms. The molecule has 0 amide bonds. The van der Waals surface area contributed by atoms with Gasteiger partial charge in [0, 0.05) is 25.3 Å². The number of rotatable bonds is 8. The van der Waals surface area contributed by atoms with Crippen molar-refractivity contribution in [1.29, 1.82) is 0 Å². The van der Waals surface area contributed by atoms with Crippen LogP contribution in [-0.4, -0.2) is 32.8 Å². The number of nitrogens with one attached hydrogen (secondary N) is 1. The molecule has 1 N–H and O–H groups in total. The SMILES string of the molecule is CCNC(C)c1cc(F)c(C)cc1N(C)CCOC(C)C. The molecule has 1 rings (SSSR count). The molecule has 1 aromatic rings. The second-order valence-electron chi connectivity index (χ2n) is 5.78. The van der Waals surface area contributed by atoms with Gasteiger partial charge in [-0.2, -0.15) is 0 Å². The van der Waals surface area contributed by atoms with E-state index in [-0.39, 0.29) is 18.0 Å². The molecule has 3 nitrogen and oxygen atoms in total. The second kappa shape index (κ2) is 8.35. The molecule has 0 radical (unpaired) electrons. The molecule has 0 saturated carbocycles. The van der Waals surface area contributed by atoms with Gasteiger partial charge in [0.2, 0.25) is 0 Å². The van der Waals surface area contributed by atoms with Gasteiger partial charge in [-0.05, 0) is 57.5 Å². The standard InChI is InChI=1S/C17H29FN2O/c1-7-19-14(5)15-11-16(18)13(4)10-17(15)20(6)8-9-21-12(2)3/h10-12,14,19H,7-9H2,1-6H3. The summed E-state index contributed by atoms with van der Waals surface area (Å²) in [5, 5.41) is 3.35. The first-order valence-corrected chi connectivity index (χ1v) is 7.73. The van der Waals surface area contributed by atoms with E-state index >= 15 is 0 Å². The molecule has 0 aliphatic carbocycles. The Bertz CT molecular complexity index is 449. The van der Waals surface area contributed by atoms with Gasteiger partial charge in [-0.1, -0.05) is 6.92 Å². The van der Waals surface area contributed by atoms with Gasteiger partial charge >= 0.3 is 0 Å². The van der Waals surface area contributed by atoms with Crippen LogP contribution in [0, 0.1) is 12.7 Å². The van der Waals surface area contributed by atoms with E-state index in [0.717, 1.165) is 24.3 Å². The van der Waals surface area contributed by atoms with Crippen LogP contribution in [0.3, 0.4) is 0 Å². The van der Waals surface area contributed by atoms with E-state index < -0.39 is 0 Å². The third-order valence-electron chi connectivity index (χ3n) is 3.57. The van der Waals surface area contributed by atoms with Crippen LogP contribution in [0.15, 0.2) is 12.1 Å². The number of hydrogen-bond donors (Lipinski definition) is 1. The van der Waals surface area contributed by atoms with Crippen LogP contribution in [-0.2, 0) is 4.74 Å². The van der Waals surface area contributed by atoms with Crippen molar-refractivity contribution in [1.82, 2.24) is 5.32 Å². The number of hydrogen-bond acceptors (Lipinski definition) is 3. The van der Waals surface area contributed by atoms with Crippen molar-refractivity contribution in [2.45, 2.75) is 46.8 Å². The maximum atomic E-state index is 13.9. The molecule has 0 aromatic heterocycles. The Morgan fingerprint density at radius 3 is 2.52 bits per heavy atom. The maximum Gasteiger partial charge on any atom is 0.126 e. The Morgan fingerprint density at radius 2 is 1.95 bits per heavy atom. The van der Waals surface area contributed by atoms with Crippen molar-refractivity contribution in [3.63, 3.8) is 0 Å². The number of nitrogens with zero attached hydrogens (tertiary/aromatic N) is 1. The third kappa shape index (κ3) is 5.29. The number of likely N-dealkylation sites (N-methyl/N-ethyl adjacent to an activating group) is 1. The Labute approximate surface area is 128 Å². The minimum absolute atomic E-state index is 0.119. The number of ether oxygens (including phenoxy) is 1. The Balaban J connectivity index is 2.94. The van der Waals surface area contributed by atoms with E-state index in [1.807, 2.05) is 27.0 Å². The molecule has 0 aliphatic heterocycles. The first-order chi connectivity index (χ1) is 9.86. The zero-order valence-corrected chi connectivity index (χ0v) is 14.2. The van der Waals surface area contributed by atoms with Crippen LogP contribution in [0.4, 0.5) is 10.1 Å². The molecule has 0 bridgehead atoms. The third-order valence-corrected chi connectivity index (χ3v) is 3.57. The fourth-order valence-electron chi connectivity index (χ4n) is 2.32. The molecule has 1 aromatic carbocycles. The van der Waals surface area contributed by atoms with Gasteiger partial charge in [0.05, 0.1) is 12.7 Å². The first-order valence-electron chi connectivity index (χ1n) is 7.73. The zero-order valence-electron chi connectivity index (χ0n) is 14.2. The molecule has 0 heterocycles. The van der Waals surface area contributed by atoms with Gasteiger partial charge in [-0.25, -0.2) is 4.39 Å². The summed E-state index contributed by atoms with van der Waals surface area (Å²) in [6.45, 7) is 12.3. The highest BCUT2D eigenvalue weighted by Crippen LogP contribution is 2.28. The summed E-state index contributed by atoms with van der Waals surface area (Å²) in [5.41, 5.74) is 2.73. The van der Waals surface area contributed by atoms with Gasteiger partial charge in [0.25, 0.3) is 0 Å². The van der Waals surface area contributed by atoms with Crippen molar-refractivity contribution in [3.05, 3.63) is 29.1 Å². The smallest absolute Gasteiger partial charge is 0.126 e. The van der Waals surface area contributed by atoms with E-state index in [2.05, 4.69) is 24.1 Å². The quantitative estimate of drug-likeness (QED) is 0.792. The molecule has 120 valence electrons. The minimum atomic E-state index is -0.148. The molecule has 0 fully saturated rings. The fourth-order valence-corrected chi connectivity index (χ4v) is 2.32. The molecule has 1 atom stereocenters. The van der Waals surface area contributed by atoms with E-state index in [9.17, 15) is 4.39 Å². The van der Waals surface area contributed by atoms with Gasteiger partial charge in [-0.15, -0.1) is 0 Å². The van der Waals surface area contributed by atoms with Gasteiger partial charge in [0.1, 0.15) is 5.82 Å². The predicted molar refractivity (Wildman–Crippen MR) is 87.6 cm³/mol. The average molecular weight is 296 g/mol. The van der Waals surface area contributed by atoms with Gasteiger partial charge in [0.15, 0.2) is 0 Å². The summed E-state index contributed by atoms with van der Waals surface area (Å²) in [6, 6.07) is 3.69. The Morgan fingerprint density at radius 1 is 1.29 bits per heavy atom. The summed E-state index contributed by atoms with van der Waals surface area (Å²) in [5.74, 6) is -0.148. The monoisotopic (exact) mass is 296 g/mol. The van der Waals surface area contributed by atoms with Crippen LogP contribution in [0.2, 0.25) is 0 Å². The summed E-state index contributed by atoms with van der Waals surface area (Å²) < 4.78 is 19.5. The van der Waals surface area contributed by atoms with Gasteiger partial charge in [-0.3, -0.25) is 0 Å². The van der Waals surface area contributed by atoms with Crippen LogP contribution < -0.4 is 10.2 Å². The Kier molecular flexibility index (Phi) is 7.12. The maximum absolute atomic E-state index is 13.9. The van der Waals surface area contributed by atoms with E-state index in [1.54, 1.807) is 13.0 Å². The average Bonchev–Trinajstić information content (AvgIpc) is 2.41. The normalized spacial score (nSPS) is 12.8. The summed E-state index contributed by atoms with van der Waals surface area (Å²) in [4.78, 5) is 2.14. The summed E-state index contributed by atoms with van der Waals surface area (Å²) >= 11 is 0. The predicted octanol–water partition coefficient (Wildman–Crippen LogP) is 3.67. The lowest BCUT2D eigenvalue weighted by Gasteiger charge is -2.26. The second-order valence-corrected chi connectivity index (χ2v) is 5.78.